The van der Waals surface area contributed by atoms with Crippen LogP contribution in [0.2, 0.25) is 5.02 Å². The molecule has 3 nitrogen and oxygen atoms in total. The van der Waals surface area contributed by atoms with Gasteiger partial charge in [0.25, 0.3) is 0 Å². The molecule has 0 fully saturated rings. The minimum atomic E-state index is 0.145. The van der Waals surface area contributed by atoms with Gasteiger partial charge in [0.2, 0.25) is 0 Å². The van der Waals surface area contributed by atoms with Crippen molar-refractivity contribution in [3.8, 4) is 5.75 Å². The zero-order chi connectivity index (χ0) is 7.84. The van der Waals surface area contributed by atoms with Crippen LogP contribution in [0.1, 0.15) is 0 Å². The maximum atomic E-state index is 9.10. The normalized spacial score (nSPS) is 10.6. The Morgan fingerprint density at radius 2 is 2.27 bits per heavy atom. The Morgan fingerprint density at radius 1 is 1.45 bits per heavy atom. The number of imidazole rings is 1. The monoisotopic (exact) mass is 168 g/mol. The van der Waals surface area contributed by atoms with Gasteiger partial charge in [0.1, 0.15) is 11.3 Å². The van der Waals surface area contributed by atoms with E-state index < -0.39 is 0 Å². The van der Waals surface area contributed by atoms with Gasteiger partial charge in [0.05, 0.1) is 16.9 Å². The molecule has 2 aromatic rings. The van der Waals surface area contributed by atoms with Crippen LogP contribution >= 0.6 is 11.6 Å². The molecule has 0 amide bonds. The molecular formula is C7H5ClN2O. The molecule has 0 atom stereocenters. The fraction of sp³-hybridized carbons (Fsp3) is 0. The molecule has 0 saturated carbocycles. The summed E-state index contributed by atoms with van der Waals surface area (Å²) in [7, 11) is 0. The molecule has 0 unspecified atom stereocenters. The zero-order valence-electron chi connectivity index (χ0n) is 5.50. The maximum absolute atomic E-state index is 9.10. The van der Waals surface area contributed by atoms with Crippen molar-refractivity contribution in [2.24, 2.45) is 0 Å². The fourth-order valence-electron chi connectivity index (χ4n) is 0.992. The van der Waals surface area contributed by atoms with Gasteiger partial charge in [-0.3, -0.25) is 0 Å². The number of nitrogens with zero attached hydrogens (tertiary/aromatic N) is 1. The number of halogens is 1. The van der Waals surface area contributed by atoms with E-state index in [1.54, 1.807) is 6.07 Å². The minimum absolute atomic E-state index is 0.145. The average molecular weight is 169 g/mol. The molecule has 56 valence electrons. The molecule has 0 spiro atoms. The van der Waals surface area contributed by atoms with Gasteiger partial charge >= 0.3 is 0 Å². The second-order valence-electron chi connectivity index (χ2n) is 2.23. The molecule has 0 radical (unpaired) electrons. The van der Waals surface area contributed by atoms with Crippen LogP contribution in [0.25, 0.3) is 11.0 Å². The number of hydrogen-bond donors (Lipinski definition) is 2. The molecule has 0 aliphatic rings. The second-order valence-corrected chi connectivity index (χ2v) is 2.63. The van der Waals surface area contributed by atoms with Crippen LogP contribution in [0.4, 0.5) is 0 Å². The Bertz CT molecular complexity index is 396. The number of aromatic amines is 1. The Labute approximate surface area is 67.6 Å². The first-order valence-corrected chi connectivity index (χ1v) is 3.47. The van der Waals surface area contributed by atoms with E-state index in [0.717, 1.165) is 5.52 Å². The van der Waals surface area contributed by atoms with Crippen molar-refractivity contribution < 1.29 is 5.11 Å². The number of fused-ring (bicyclic) bond motifs is 1. The lowest BCUT2D eigenvalue weighted by molar-refractivity contribution is 0.476. The topological polar surface area (TPSA) is 48.9 Å². The standard InChI is InChI=1S/C7H5ClN2O/c8-5-1-4(11)2-6-7(5)10-3-9-6/h1-3,11H,(H,9,10). The summed E-state index contributed by atoms with van der Waals surface area (Å²) < 4.78 is 0. The smallest absolute Gasteiger partial charge is 0.119 e. The van der Waals surface area contributed by atoms with Gasteiger partial charge in [-0.2, -0.15) is 0 Å². The number of benzene rings is 1. The largest absolute Gasteiger partial charge is 0.508 e. The van der Waals surface area contributed by atoms with Crippen LogP contribution in [0.3, 0.4) is 0 Å². The quantitative estimate of drug-likeness (QED) is 0.632. The van der Waals surface area contributed by atoms with Gasteiger partial charge in [0.15, 0.2) is 0 Å². The van der Waals surface area contributed by atoms with Crippen molar-refractivity contribution in [2.75, 3.05) is 0 Å². The summed E-state index contributed by atoms with van der Waals surface area (Å²) in [5, 5.41) is 9.56. The first-order chi connectivity index (χ1) is 5.27. The fourth-order valence-corrected chi connectivity index (χ4v) is 1.25. The lowest BCUT2D eigenvalue weighted by Gasteiger charge is -1.93. The highest BCUT2D eigenvalue weighted by molar-refractivity contribution is 6.35. The van der Waals surface area contributed by atoms with E-state index in [9.17, 15) is 0 Å². The van der Waals surface area contributed by atoms with Crippen molar-refractivity contribution in [2.45, 2.75) is 0 Å². The second kappa shape index (κ2) is 2.13. The number of rotatable bonds is 0. The number of H-pyrrole nitrogens is 1. The van der Waals surface area contributed by atoms with E-state index in [2.05, 4.69) is 9.97 Å². The van der Waals surface area contributed by atoms with Crippen molar-refractivity contribution in [3.05, 3.63) is 23.5 Å². The van der Waals surface area contributed by atoms with Crippen LogP contribution in [0.15, 0.2) is 18.5 Å². The van der Waals surface area contributed by atoms with Crippen LogP contribution in [-0.4, -0.2) is 15.1 Å². The van der Waals surface area contributed by atoms with Gasteiger partial charge < -0.3 is 10.1 Å². The summed E-state index contributed by atoms with van der Waals surface area (Å²) in [6.07, 6.45) is 1.54. The SMILES string of the molecule is Oc1cc(Cl)c2nc[nH]c2c1. The molecule has 0 saturated heterocycles. The number of nitrogens with one attached hydrogen (secondary N) is 1. The molecule has 1 aromatic heterocycles. The molecule has 1 aromatic carbocycles. The number of aromatic nitrogens is 2. The summed E-state index contributed by atoms with van der Waals surface area (Å²) in [5.41, 5.74) is 1.43. The molecule has 0 aliphatic carbocycles. The third-order valence-corrected chi connectivity index (χ3v) is 1.75. The first-order valence-electron chi connectivity index (χ1n) is 3.09. The van der Waals surface area contributed by atoms with Gasteiger partial charge in [-0.25, -0.2) is 4.98 Å². The van der Waals surface area contributed by atoms with Crippen LogP contribution in [0, 0.1) is 0 Å². The molecule has 2 N–H and O–H groups in total. The predicted molar refractivity (Wildman–Crippen MR) is 42.8 cm³/mol. The predicted octanol–water partition coefficient (Wildman–Crippen LogP) is 1.92. The highest BCUT2D eigenvalue weighted by Gasteiger charge is 2.02. The molecular weight excluding hydrogens is 164 g/mol. The summed E-state index contributed by atoms with van der Waals surface area (Å²) in [6.45, 7) is 0. The van der Waals surface area contributed by atoms with Gasteiger partial charge in [0, 0.05) is 12.1 Å². The van der Waals surface area contributed by atoms with Crippen LogP contribution in [0.5, 0.6) is 5.75 Å². The van der Waals surface area contributed by atoms with E-state index in [1.807, 2.05) is 0 Å². The summed E-state index contributed by atoms with van der Waals surface area (Å²) in [6, 6.07) is 3.04. The minimum Gasteiger partial charge on any atom is -0.508 e. The highest BCUT2D eigenvalue weighted by Crippen LogP contribution is 2.25. The number of aromatic hydroxyl groups is 1. The van der Waals surface area contributed by atoms with Gasteiger partial charge in [-0.05, 0) is 0 Å². The molecule has 11 heavy (non-hydrogen) atoms. The first kappa shape index (κ1) is 6.49. The summed E-state index contributed by atoms with van der Waals surface area (Å²) in [4.78, 5) is 6.81. The summed E-state index contributed by atoms with van der Waals surface area (Å²) >= 11 is 5.76. The van der Waals surface area contributed by atoms with E-state index in [4.69, 9.17) is 16.7 Å². The third-order valence-electron chi connectivity index (χ3n) is 1.46. The number of hydrogen-bond acceptors (Lipinski definition) is 2. The Balaban J connectivity index is 2.91. The zero-order valence-corrected chi connectivity index (χ0v) is 6.26. The molecule has 0 bridgehead atoms. The lowest BCUT2D eigenvalue weighted by Crippen LogP contribution is -1.71. The van der Waals surface area contributed by atoms with Crippen molar-refractivity contribution in [1.29, 1.82) is 0 Å². The van der Waals surface area contributed by atoms with Crippen molar-refractivity contribution in [1.82, 2.24) is 9.97 Å². The van der Waals surface area contributed by atoms with Crippen LogP contribution in [-0.2, 0) is 0 Å². The van der Waals surface area contributed by atoms with E-state index in [1.165, 1.54) is 12.4 Å². The number of phenolic OH excluding ortho intramolecular Hbond substituents is 1. The third kappa shape index (κ3) is 0.935. The van der Waals surface area contributed by atoms with E-state index >= 15 is 0 Å². The summed E-state index contributed by atoms with van der Waals surface area (Å²) in [5.74, 6) is 0.145. The van der Waals surface area contributed by atoms with E-state index in [-0.39, 0.29) is 5.75 Å². The highest BCUT2D eigenvalue weighted by atomic mass is 35.5. The average Bonchev–Trinajstić information content (AvgIpc) is 2.34. The maximum Gasteiger partial charge on any atom is 0.119 e. The van der Waals surface area contributed by atoms with Crippen molar-refractivity contribution >= 4 is 22.6 Å². The van der Waals surface area contributed by atoms with Crippen LogP contribution < -0.4 is 0 Å². The Hall–Kier alpha value is -1.22. The van der Waals surface area contributed by atoms with Gasteiger partial charge in [-0.15, -0.1) is 0 Å². The Morgan fingerprint density at radius 3 is 3.09 bits per heavy atom. The van der Waals surface area contributed by atoms with Gasteiger partial charge in [-0.1, -0.05) is 11.6 Å². The van der Waals surface area contributed by atoms with E-state index in [0.29, 0.717) is 10.5 Å². The molecule has 0 aliphatic heterocycles. The lowest BCUT2D eigenvalue weighted by atomic mass is 10.3. The van der Waals surface area contributed by atoms with Crippen molar-refractivity contribution in [3.63, 3.8) is 0 Å². The molecule has 2 rings (SSSR count). The Kier molecular flexibility index (Phi) is 1.26. The molecule has 4 heteroatoms. The molecule has 1 heterocycles. The number of phenols is 1.